The Bertz CT molecular complexity index is 1280. The van der Waals surface area contributed by atoms with Crippen molar-refractivity contribution in [1.29, 1.82) is 0 Å². The zero-order valence-corrected chi connectivity index (χ0v) is 21.8. The maximum atomic E-state index is 13.5. The number of hydrogen-bond donors (Lipinski definition) is 1. The van der Waals surface area contributed by atoms with Gasteiger partial charge in [0.15, 0.2) is 5.11 Å². The third-order valence-electron chi connectivity index (χ3n) is 6.11. The number of nitrogens with one attached hydrogen (secondary N) is 1. The Kier molecular flexibility index (Phi) is 7.75. The van der Waals surface area contributed by atoms with E-state index < -0.39 is 6.04 Å². The van der Waals surface area contributed by atoms with Crippen molar-refractivity contribution in [2.24, 2.45) is 0 Å². The Labute approximate surface area is 220 Å². The van der Waals surface area contributed by atoms with Gasteiger partial charge in [-0.3, -0.25) is 9.59 Å². The first-order valence-electron chi connectivity index (χ1n) is 11.2. The van der Waals surface area contributed by atoms with Gasteiger partial charge in [-0.15, -0.1) is 0 Å². The summed E-state index contributed by atoms with van der Waals surface area (Å²) in [5.41, 5.74) is 4.58. The molecule has 1 fully saturated rings. The minimum absolute atomic E-state index is 0.0453. The van der Waals surface area contributed by atoms with Crippen molar-refractivity contribution in [1.82, 2.24) is 4.90 Å². The van der Waals surface area contributed by atoms with Crippen LogP contribution in [0.5, 0.6) is 0 Å². The maximum Gasteiger partial charge on any atom is 0.257 e. The molecule has 1 heterocycles. The van der Waals surface area contributed by atoms with Crippen LogP contribution in [0.4, 0.5) is 11.4 Å². The summed E-state index contributed by atoms with van der Waals surface area (Å²) in [6.07, 6.45) is 0.710. The van der Waals surface area contributed by atoms with E-state index in [0.29, 0.717) is 39.5 Å². The van der Waals surface area contributed by atoms with Gasteiger partial charge in [0.2, 0.25) is 5.91 Å². The topological polar surface area (TPSA) is 52.7 Å². The maximum absolute atomic E-state index is 13.5. The molecule has 1 aliphatic rings. The van der Waals surface area contributed by atoms with Gasteiger partial charge in [0, 0.05) is 12.2 Å². The van der Waals surface area contributed by atoms with Gasteiger partial charge in [-0.2, -0.15) is 0 Å². The van der Waals surface area contributed by atoms with Gasteiger partial charge in [0.25, 0.3) is 5.91 Å². The Balaban J connectivity index is 1.61. The highest BCUT2D eigenvalue weighted by atomic mass is 35.5. The molecule has 0 radical (unpaired) electrons. The number of carbonyl (C=O) groups excluding carboxylic acids is 2. The fourth-order valence-corrected chi connectivity index (χ4v) is 4.76. The highest BCUT2D eigenvalue weighted by Gasteiger charge is 2.43. The van der Waals surface area contributed by atoms with Crippen LogP contribution in [0, 0.1) is 13.8 Å². The molecular weight excluding hydrogens is 501 g/mol. The van der Waals surface area contributed by atoms with Crippen LogP contribution in [0.25, 0.3) is 0 Å². The quantitative estimate of drug-likeness (QED) is 0.307. The summed E-state index contributed by atoms with van der Waals surface area (Å²) < 4.78 is 0. The predicted octanol–water partition coefficient (Wildman–Crippen LogP) is 6.18. The molecule has 1 N–H and O–H groups in total. The summed E-state index contributed by atoms with van der Waals surface area (Å²) in [5, 5.41) is 4.34. The van der Waals surface area contributed by atoms with Crippen LogP contribution in [0.2, 0.25) is 10.0 Å². The fourth-order valence-electron chi connectivity index (χ4n) is 4.12. The average Bonchev–Trinajstić information content (AvgIpc) is 3.12. The SMILES string of the molecule is Cc1ccc(N2C(=O)C[C@H](N(CCc3ccccc3C)C(=S)Nc3ccc(Cl)c(Cl)c3)C2=O)cc1. The first-order valence-corrected chi connectivity index (χ1v) is 12.4. The van der Waals surface area contributed by atoms with Gasteiger partial charge < -0.3 is 10.2 Å². The van der Waals surface area contributed by atoms with Crippen LogP contribution in [0.3, 0.4) is 0 Å². The van der Waals surface area contributed by atoms with E-state index in [0.717, 1.165) is 16.7 Å². The van der Waals surface area contributed by atoms with Gasteiger partial charge in [-0.1, -0.05) is 65.2 Å². The molecule has 0 aromatic heterocycles. The number of amides is 2. The second-order valence-corrected chi connectivity index (χ2v) is 9.75. The van der Waals surface area contributed by atoms with Gasteiger partial charge in [-0.25, -0.2) is 4.90 Å². The van der Waals surface area contributed by atoms with Gasteiger partial charge in [0.05, 0.1) is 22.2 Å². The third kappa shape index (κ3) is 5.67. The Morgan fingerprint density at radius 3 is 2.43 bits per heavy atom. The number of anilines is 2. The predicted molar refractivity (Wildman–Crippen MR) is 146 cm³/mol. The number of imide groups is 1. The molecule has 0 saturated carbocycles. The van der Waals surface area contributed by atoms with E-state index >= 15 is 0 Å². The second-order valence-electron chi connectivity index (χ2n) is 8.55. The van der Waals surface area contributed by atoms with Crippen LogP contribution in [-0.2, 0) is 16.0 Å². The molecular formula is C27H25Cl2N3O2S. The minimum Gasteiger partial charge on any atom is -0.336 e. The number of carbonyl (C=O) groups is 2. The summed E-state index contributed by atoms with van der Waals surface area (Å²) in [6.45, 7) is 4.47. The summed E-state index contributed by atoms with van der Waals surface area (Å²) >= 11 is 18.0. The lowest BCUT2D eigenvalue weighted by Crippen LogP contribution is -2.48. The number of nitrogens with zero attached hydrogens (tertiary/aromatic N) is 2. The minimum atomic E-state index is -0.712. The van der Waals surface area contributed by atoms with Crippen molar-refractivity contribution in [2.45, 2.75) is 32.7 Å². The lowest BCUT2D eigenvalue weighted by atomic mass is 10.1. The molecule has 1 saturated heterocycles. The van der Waals surface area contributed by atoms with Crippen LogP contribution >= 0.6 is 35.4 Å². The van der Waals surface area contributed by atoms with Gasteiger partial charge >= 0.3 is 0 Å². The van der Waals surface area contributed by atoms with Crippen molar-refractivity contribution >= 4 is 63.7 Å². The highest BCUT2D eigenvalue weighted by molar-refractivity contribution is 7.80. The lowest BCUT2D eigenvalue weighted by molar-refractivity contribution is -0.122. The van der Waals surface area contributed by atoms with Crippen LogP contribution in [-0.4, -0.2) is 34.4 Å². The Morgan fingerprint density at radius 2 is 1.74 bits per heavy atom. The van der Waals surface area contributed by atoms with Crippen molar-refractivity contribution in [3.05, 3.63) is 93.5 Å². The number of rotatable bonds is 6. The van der Waals surface area contributed by atoms with Crippen LogP contribution in [0.1, 0.15) is 23.1 Å². The zero-order valence-electron chi connectivity index (χ0n) is 19.4. The molecule has 5 nitrogen and oxygen atoms in total. The molecule has 3 aromatic carbocycles. The molecule has 1 aliphatic heterocycles. The van der Waals surface area contributed by atoms with Crippen molar-refractivity contribution < 1.29 is 9.59 Å². The molecule has 35 heavy (non-hydrogen) atoms. The highest BCUT2D eigenvalue weighted by Crippen LogP contribution is 2.28. The largest absolute Gasteiger partial charge is 0.336 e. The first-order chi connectivity index (χ1) is 16.7. The Hall–Kier alpha value is -2.93. The monoisotopic (exact) mass is 525 g/mol. The van der Waals surface area contributed by atoms with E-state index in [4.69, 9.17) is 35.4 Å². The standard InChI is InChI=1S/C27H25Cl2N3O2S/c1-17-7-10-21(11-8-17)32-25(33)16-24(26(32)34)31(14-13-19-6-4-3-5-18(19)2)27(35)30-20-9-12-22(28)23(29)15-20/h3-12,15,24H,13-14,16H2,1-2H3,(H,30,35)/t24-/m0/s1. The molecule has 0 unspecified atom stereocenters. The van der Waals surface area contributed by atoms with Crippen molar-refractivity contribution in [3.8, 4) is 0 Å². The van der Waals surface area contributed by atoms with Crippen molar-refractivity contribution in [2.75, 3.05) is 16.8 Å². The van der Waals surface area contributed by atoms with E-state index in [2.05, 4.69) is 24.4 Å². The zero-order chi connectivity index (χ0) is 25.1. The summed E-state index contributed by atoms with van der Waals surface area (Å²) in [5.74, 6) is -0.538. The lowest BCUT2D eigenvalue weighted by Gasteiger charge is -2.30. The fraction of sp³-hybridized carbons (Fsp3) is 0.222. The van der Waals surface area contributed by atoms with Crippen molar-refractivity contribution in [3.63, 3.8) is 0 Å². The number of hydrogen-bond acceptors (Lipinski definition) is 3. The number of thiocarbonyl (C=S) groups is 1. The number of benzene rings is 3. The normalized spacial score (nSPS) is 15.4. The van der Waals surface area contributed by atoms with Crippen LogP contribution < -0.4 is 10.2 Å². The molecule has 3 aromatic rings. The number of halogens is 2. The van der Waals surface area contributed by atoms with E-state index in [-0.39, 0.29) is 18.2 Å². The molecule has 0 bridgehead atoms. The summed E-state index contributed by atoms with van der Waals surface area (Å²) in [6, 6.07) is 19.8. The van der Waals surface area contributed by atoms with Gasteiger partial charge in [-0.05, 0) is 73.9 Å². The molecule has 0 aliphatic carbocycles. The smallest absolute Gasteiger partial charge is 0.257 e. The molecule has 4 rings (SSSR count). The molecule has 2 amide bonds. The van der Waals surface area contributed by atoms with Crippen LogP contribution in [0.15, 0.2) is 66.7 Å². The molecule has 8 heteroatoms. The van der Waals surface area contributed by atoms with E-state index in [1.807, 2.05) is 31.2 Å². The molecule has 1 atom stereocenters. The van der Waals surface area contributed by atoms with Gasteiger partial charge in [0.1, 0.15) is 6.04 Å². The van der Waals surface area contributed by atoms with E-state index in [9.17, 15) is 9.59 Å². The van der Waals surface area contributed by atoms with E-state index in [1.165, 1.54) is 4.90 Å². The third-order valence-corrected chi connectivity index (χ3v) is 7.18. The number of aryl methyl sites for hydroxylation is 2. The molecule has 180 valence electrons. The first kappa shape index (κ1) is 25.2. The van der Waals surface area contributed by atoms with E-state index in [1.54, 1.807) is 35.2 Å². The summed E-state index contributed by atoms with van der Waals surface area (Å²) in [7, 11) is 0. The Morgan fingerprint density at radius 1 is 1.03 bits per heavy atom. The molecule has 0 spiro atoms. The second kappa shape index (κ2) is 10.8. The average molecular weight is 526 g/mol. The summed E-state index contributed by atoms with van der Waals surface area (Å²) in [4.78, 5) is 29.5.